The van der Waals surface area contributed by atoms with Crippen molar-refractivity contribution in [2.45, 2.75) is 19.6 Å². The minimum absolute atomic E-state index is 0.00850. The Labute approximate surface area is 72.1 Å². The third kappa shape index (κ3) is 2.69. The second-order valence-corrected chi connectivity index (χ2v) is 2.29. The van der Waals surface area contributed by atoms with Crippen molar-refractivity contribution in [3.63, 3.8) is 0 Å². The highest BCUT2D eigenvalue weighted by Crippen LogP contribution is 2.27. The molecule has 74 valence electrons. The Balaban J connectivity index is 2.64. The lowest BCUT2D eigenvalue weighted by molar-refractivity contribution is -0.159. The zero-order chi connectivity index (χ0) is 9.90. The predicted octanol–water partition coefficient (Wildman–Crippen LogP) is 1.20. The summed E-state index contributed by atoms with van der Waals surface area (Å²) < 4.78 is 39.7. The lowest BCUT2D eigenvalue weighted by atomic mass is 10.5. The van der Waals surface area contributed by atoms with Gasteiger partial charge in [-0.1, -0.05) is 12.1 Å². The van der Waals surface area contributed by atoms with Gasteiger partial charge in [0.25, 0.3) is 0 Å². The number of alkyl halides is 3. The summed E-state index contributed by atoms with van der Waals surface area (Å²) in [5.41, 5.74) is 0. The monoisotopic (exact) mass is 195 g/mol. The maximum absolute atomic E-state index is 11.9. The smallest absolute Gasteiger partial charge is 0.329 e. The minimum atomic E-state index is -4.56. The highest BCUT2D eigenvalue weighted by atomic mass is 19.4. The molecule has 0 fully saturated rings. The average Bonchev–Trinajstić information content (AvgIpc) is 2.47. The van der Waals surface area contributed by atoms with Gasteiger partial charge >= 0.3 is 12.1 Å². The maximum atomic E-state index is 11.9. The molecular weight excluding hydrogens is 187 g/mol. The number of nitrogens with zero attached hydrogens (tertiary/aromatic N) is 2. The van der Waals surface area contributed by atoms with Crippen LogP contribution in [-0.4, -0.2) is 16.7 Å². The summed E-state index contributed by atoms with van der Waals surface area (Å²) in [5, 5.41) is 5.93. The Morgan fingerprint density at radius 1 is 1.46 bits per heavy atom. The first-order valence-electron chi connectivity index (χ1n) is 3.64. The van der Waals surface area contributed by atoms with Crippen molar-refractivity contribution in [2.75, 3.05) is 6.54 Å². The van der Waals surface area contributed by atoms with Gasteiger partial charge in [0.15, 0.2) is 5.82 Å². The summed E-state index contributed by atoms with van der Waals surface area (Å²) in [6.45, 7) is 2.64. The van der Waals surface area contributed by atoms with Gasteiger partial charge in [-0.15, -0.1) is 0 Å². The summed E-state index contributed by atoms with van der Waals surface area (Å²) >= 11 is 0. The minimum Gasteiger partial charge on any atom is -0.329 e. The van der Waals surface area contributed by atoms with Gasteiger partial charge in [0.1, 0.15) is 0 Å². The third-order valence-corrected chi connectivity index (χ3v) is 1.24. The summed E-state index contributed by atoms with van der Waals surface area (Å²) in [4.78, 5) is 3.15. The van der Waals surface area contributed by atoms with Crippen LogP contribution in [0, 0.1) is 0 Å². The van der Waals surface area contributed by atoms with Crippen LogP contribution in [0.4, 0.5) is 13.2 Å². The van der Waals surface area contributed by atoms with Gasteiger partial charge in [-0.05, 0) is 6.54 Å². The molecule has 0 aliphatic rings. The quantitative estimate of drug-likeness (QED) is 0.787. The molecule has 0 aromatic carbocycles. The SMILES string of the molecule is CCNCc1noc(C(F)(F)F)n1. The molecule has 0 amide bonds. The molecular formula is C6H8F3N3O. The van der Waals surface area contributed by atoms with Gasteiger partial charge in [0.05, 0.1) is 6.54 Å². The first-order chi connectivity index (χ1) is 6.04. The van der Waals surface area contributed by atoms with Crippen molar-refractivity contribution in [1.82, 2.24) is 15.5 Å². The van der Waals surface area contributed by atoms with Gasteiger partial charge in [-0.25, -0.2) is 0 Å². The normalized spacial score (nSPS) is 12.0. The van der Waals surface area contributed by atoms with E-state index in [0.717, 1.165) is 0 Å². The lowest BCUT2D eigenvalue weighted by Crippen LogP contribution is -2.13. The van der Waals surface area contributed by atoms with E-state index in [9.17, 15) is 13.2 Å². The molecule has 1 aromatic heterocycles. The summed E-state index contributed by atoms with van der Waals surface area (Å²) in [7, 11) is 0. The van der Waals surface area contributed by atoms with Crippen LogP contribution in [0.15, 0.2) is 4.52 Å². The van der Waals surface area contributed by atoms with Crippen molar-refractivity contribution in [2.24, 2.45) is 0 Å². The molecule has 13 heavy (non-hydrogen) atoms. The van der Waals surface area contributed by atoms with Crippen molar-refractivity contribution in [1.29, 1.82) is 0 Å². The van der Waals surface area contributed by atoms with E-state index in [1.165, 1.54) is 0 Å². The molecule has 1 rings (SSSR count). The van der Waals surface area contributed by atoms with Crippen LogP contribution in [-0.2, 0) is 12.7 Å². The number of hydrogen-bond acceptors (Lipinski definition) is 4. The zero-order valence-electron chi connectivity index (χ0n) is 6.85. The van der Waals surface area contributed by atoms with E-state index in [1.54, 1.807) is 0 Å². The fourth-order valence-corrected chi connectivity index (χ4v) is 0.678. The summed E-state index contributed by atoms with van der Waals surface area (Å²) in [6, 6.07) is 0. The van der Waals surface area contributed by atoms with E-state index < -0.39 is 12.1 Å². The topological polar surface area (TPSA) is 51.0 Å². The highest BCUT2D eigenvalue weighted by molar-refractivity contribution is 4.89. The Kier molecular flexibility index (Phi) is 2.86. The Morgan fingerprint density at radius 2 is 2.15 bits per heavy atom. The van der Waals surface area contributed by atoms with Gasteiger partial charge in [0, 0.05) is 0 Å². The van der Waals surface area contributed by atoms with Crippen molar-refractivity contribution < 1.29 is 17.7 Å². The van der Waals surface area contributed by atoms with E-state index in [-0.39, 0.29) is 12.4 Å². The van der Waals surface area contributed by atoms with E-state index >= 15 is 0 Å². The molecule has 1 heterocycles. The van der Waals surface area contributed by atoms with Crippen LogP contribution in [0.25, 0.3) is 0 Å². The second-order valence-electron chi connectivity index (χ2n) is 2.29. The Morgan fingerprint density at radius 3 is 2.62 bits per heavy atom. The molecule has 0 atom stereocenters. The van der Waals surface area contributed by atoms with Crippen LogP contribution in [0.3, 0.4) is 0 Å². The highest BCUT2D eigenvalue weighted by Gasteiger charge is 2.38. The zero-order valence-corrected chi connectivity index (χ0v) is 6.85. The number of nitrogens with one attached hydrogen (secondary N) is 1. The first kappa shape index (κ1) is 9.97. The fourth-order valence-electron chi connectivity index (χ4n) is 0.678. The molecule has 7 heteroatoms. The third-order valence-electron chi connectivity index (χ3n) is 1.24. The van der Waals surface area contributed by atoms with Gasteiger partial charge in [-0.2, -0.15) is 18.2 Å². The van der Waals surface area contributed by atoms with Crippen molar-refractivity contribution in [3.8, 4) is 0 Å². The van der Waals surface area contributed by atoms with E-state index in [1.807, 2.05) is 6.92 Å². The molecule has 0 radical (unpaired) electrons. The van der Waals surface area contributed by atoms with Crippen molar-refractivity contribution in [3.05, 3.63) is 11.7 Å². The van der Waals surface area contributed by atoms with Gasteiger partial charge < -0.3 is 9.84 Å². The van der Waals surface area contributed by atoms with Crippen LogP contribution in [0.5, 0.6) is 0 Å². The molecule has 1 aromatic rings. The molecule has 0 spiro atoms. The van der Waals surface area contributed by atoms with E-state index in [0.29, 0.717) is 6.54 Å². The Hall–Kier alpha value is -1.11. The molecule has 0 saturated carbocycles. The summed E-state index contributed by atoms with van der Waals surface area (Å²) in [5.74, 6) is -1.30. The van der Waals surface area contributed by atoms with Crippen LogP contribution < -0.4 is 5.32 Å². The fraction of sp³-hybridized carbons (Fsp3) is 0.667. The van der Waals surface area contributed by atoms with Gasteiger partial charge in [-0.3, -0.25) is 0 Å². The number of halogens is 3. The second kappa shape index (κ2) is 3.73. The number of hydrogen-bond donors (Lipinski definition) is 1. The standard InChI is InChI=1S/C6H8F3N3O/c1-2-10-3-4-11-5(13-12-4)6(7,8)9/h10H,2-3H2,1H3. The van der Waals surface area contributed by atoms with E-state index in [4.69, 9.17) is 0 Å². The van der Waals surface area contributed by atoms with Crippen LogP contribution in [0.2, 0.25) is 0 Å². The Bertz CT molecular complexity index is 270. The number of rotatable bonds is 3. The van der Waals surface area contributed by atoms with Gasteiger partial charge in [0.2, 0.25) is 0 Å². The number of aromatic nitrogens is 2. The first-order valence-corrected chi connectivity index (χ1v) is 3.64. The molecule has 0 bridgehead atoms. The molecule has 4 nitrogen and oxygen atoms in total. The average molecular weight is 195 g/mol. The summed E-state index contributed by atoms with van der Waals surface area (Å²) in [6.07, 6.45) is -4.56. The van der Waals surface area contributed by atoms with E-state index in [2.05, 4.69) is 20.0 Å². The molecule has 1 N–H and O–H groups in total. The van der Waals surface area contributed by atoms with Crippen molar-refractivity contribution >= 4 is 0 Å². The molecule has 0 saturated heterocycles. The van der Waals surface area contributed by atoms with Crippen LogP contribution >= 0.6 is 0 Å². The molecule has 0 aliphatic carbocycles. The molecule has 0 aliphatic heterocycles. The lowest BCUT2D eigenvalue weighted by Gasteiger charge is -1.96. The maximum Gasteiger partial charge on any atom is 0.471 e. The van der Waals surface area contributed by atoms with Crippen LogP contribution in [0.1, 0.15) is 18.6 Å². The predicted molar refractivity (Wildman–Crippen MR) is 36.7 cm³/mol. The molecule has 0 unspecified atom stereocenters. The largest absolute Gasteiger partial charge is 0.471 e.